The van der Waals surface area contributed by atoms with Gasteiger partial charge in [-0.15, -0.1) is 0 Å². The van der Waals surface area contributed by atoms with E-state index < -0.39 is 59.2 Å². The van der Waals surface area contributed by atoms with Crippen LogP contribution in [0.25, 0.3) is 0 Å². The smallest absolute Gasteiger partial charge is 0.380 e. The topological polar surface area (TPSA) is 150 Å². The monoisotopic (exact) mass is 1130 g/mol. The number of cyclic esters (lactones) is 1. The van der Waals surface area contributed by atoms with Crippen LogP contribution in [0.2, 0.25) is 0 Å². The molecule has 10 heteroatoms. The Bertz CT molecular complexity index is 1590. The summed E-state index contributed by atoms with van der Waals surface area (Å²) in [5, 5.41) is 11.6. The van der Waals surface area contributed by atoms with Crippen molar-refractivity contribution in [1.29, 1.82) is 0 Å². The number of hydrogen-bond acceptors (Lipinski definition) is 10. The summed E-state index contributed by atoms with van der Waals surface area (Å²) < 4.78 is 17.9. The van der Waals surface area contributed by atoms with Crippen LogP contribution in [0, 0.1) is 23.7 Å². The van der Waals surface area contributed by atoms with Gasteiger partial charge in [-0.25, -0.2) is 4.79 Å². The van der Waals surface area contributed by atoms with Crippen molar-refractivity contribution in [2.75, 3.05) is 6.61 Å². The van der Waals surface area contributed by atoms with Crippen LogP contribution in [-0.2, 0) is 43.0 Å². The van der Waals surface area contributed by atoms with E-state index in [4.69, 9.17) is 14.2 Å². The fourth-order valence-corrected chi connectivity index (χ4v) is 11.8. The Balaban J connectivity index is 3.28. The van der Waals surface area contributed by atoms with Crippen LogP contribution in [0.15, 0.2) is 0 Å². The van der Waals surface area contributed by atoms with Gasteiger partial charge in [-0.2, -0.15) is 0 Å². The number of esters is 3. The SMILES string of the molecule is CC(C)CCCCCCCCCCCCC(=O)OC1C(=O)C(=O)O[C@]1(C(=O)CCCCCCCCCCCCC(C)C)[C@](CO)(OC(=O)CCCCCCCCCCCCC(C)C)C(=O)CCCCCCCCCCCCC(C)C. The van der Waals surface area contributed by atoms with Gasteiger partial charge in [0, 0.05) is 25.7 Å². The van der Waals surface area contributed by atoms with Gasteiger partial charge in [0.05, 0.1) is 6.61 Å². The minimum Gasteiger partial charge on any atom is -0.449 e. The Morgan fingerprint density at radius 3 is 0.963 bits per heavy atom. The Hall–Kier alpha value is -2.62. The zero-order valence-corrected chi connectivity index (χ0v) is 53.7. The average Bonchev–Trinajstić information content (AvgIpc) is 3.85. The molecule has 0 aliphatic carbocycles. The number of ketones is 3. The quantitative estimate of drug-likeness (QED) is 0.0270. The molecular weight excluding hydrogens is 1000 g/mol. The maximum Gasteiger partial charge on any atom is 0.380 e. The number of carbonyl (C=O) groups is 6. The second kappa shape index (κ2) is 48.7. The molecular formula is C70H128O10. The number of hydrogen-bond donors (Lipinski definition) is 1. The number of carbonyl (C=O) groups excluding carboxylic acids is 6. The first kappa shape index (κ1) is 75.4. The van der Waals surface area contributed by atoms with Gasteiger partial charge < -0.3 is 19.3 Å². The van der Waals surface area contributed by atoms with Crippen LogP contribution in [0.4, 0.5) is 0 Å². The fraction of sp³-hybridized carbons (Fsp3) is 0.914. The molecule has 3 atom stereocenters. The Labute approximate surface area is 492 Å². The number of aliphatic hydroxyl groups is 1. The highest BCUT2D eigenvalue weighted by atomic mass is 16.7. The molecule has 0 amide bonds. The van der Waals surface area contributed by atoms with Crippen LogP contribution >= 0.6 is 0 Å². The third-order valence-electron chi connectivity index (χ3n) is 17.0. The number of rotatable bonds is 58. The van der Waals surface area contributed by atoms with Gasteiger partial charge >= 0.3 is 17.9 Å². The Kier molecular flexibility index (Phi) is 45.9. The lowest BCUT2D eigenvalue weighted by Gasteiger charge is -2.44. The summed E-state index contributed by atoms with van der Waals surface area (Å²) in [7, 11) is 0. The first-order valence-corrected chi connectivity index (χ1v) is 34.4. The van der Waals surface area contributed by atoms with Crippen LogP contribution < -0.4 is 0 Å². The molecule has 468 valence electrons. The van der Waals surface area contributed by atoms with Gasteiger partial charge in [-0.1, -0.05) is 312 Å². The van der Waals surface area contributed by atoms with Crippen molar-refractivity contribution in [2.24, 2.45) is 23.7 Å². The summed E-state index contributed by atoms with van der Waals surface area (Å²) >= 11 is 0. The molecule has 0 radical (unpaired) electrons. The molecule has 80 heavy (non-hydrogen) atoms. The van der Waals surface area contributed by atoms with E-state index in [1.807, 2.05) is 0 Å². The number of aliphatic hydroxyl groups excluding tert-OH is 1. The first-order valence-electron chi connectivity index (χ1n) is 34.4. The second-order valence-electron chi connectivity index (χ2n) is 26.5. The zero-order chi connectivity index (χ0) is 59.1. The molecule has 1 unspecified atom stereocenters. The summed E-state index contributed by atoms with van der Waals surface area (Å²) in [6, 6.07) is 0. The standard InChI is InChI=1S/C70H128O10/c1-58(2)49-41-33-25-17-9-13-21-29-37-45-53-62(72)69(57-71,79-65(75)56-48-40-32-24-16-12-20-28-36-44-52-61(7)8)70(63(73)54-46-38-30-22-14-10-18-26-34-42-50-59(3)4)67(66(76)68(77)80-70)78-64(74)55-47-39-31-23-15-11-19-27-35-43-51-60(5)6/h58-61,67,71H,9-57H2,1-8H3/t67?,69-,70+/m1/s1. The van der Waals surface area contributed by atoms with Crippen LogP contribution in [0.3, 0.4) is 0 Å². The zero-order valence-electron chi connectivity index (χ0n) is 53.7. The number of ether oxygens (including phenoxy) is 3. The van der Waals surface area contributed by atoms with Crippen molar-refractivity contribution in [1.82, 2.24) is 0 Å². The third-order valence-corrected chi connectivity index (χ3v) is 17.0. The van der Waals surface area contributed by atoms with Gasteiger partial charge in [-0.3, -0.25) is 24.0 Å². The highest BCUT2D eigenvalue weighted by Crippen LogP contribution is 2.44. The maximum absolute atomic E-state index is 15.1. The molecule has 1 heterocycles. The van der Waals surface area contributed by atoms with E-state index in [2.05, 4.69) is 55.4 Å². The van der Waals surface area contributed by atoms with E-state index >= 15 is 9.59 Å². The van der Waals surface area contributed by atoms with E-state index in [1.165, 1.54) is 141 Å². The molecule has 1 aliphatic rings. The van der Waals surface area contributed by atoms with E-state index in [9.17, 15) is 24.3 Å². The molecule has 0 aromatic heterocycles. The van der Waals surface area contributed by atoms with Crippen LogP contribution in [0.5, 0.6) is 0 Å². The van der Waals surface area contributed by atoms with Crippen molar-refractivity contribution in [3.63, 3.8) is 0 Å². The van der Waals surface area contributed by atoms with Gasteiger partial charge in [0.15, 0.2) is 11.6 Å². The summed E-state index contributed by atoms with van der Waals surface area (Å²) in [6.45, 7) is 16.9. The van der Waals surface area contributed by atoms with E-state index in [0.717, 1.165) is 126 Å². The molecule has 1 rings (SSSR count). The molecule has 1 saturated heterocycles. The number of unbranched alkanes of at least 4 members (excludes halogenated alkanes) is 36. The molecule has 0 spiro atoms. The molecule has 0 aromatic rings. The van der Waals surface area contributed by atoms with Crippen molar-refractivity contribution < 1.29 is 48.1 Å². The van der Waals surface area contributed by atoms with Gasteiger partial charge in [0.2, 0.25) is 11.7 Å². The summed E-state index contributed by atoms with van der Waals surface area (Å²) in [4.78, 5) is 85.8. The van der Waals surface area contributed by atoms with E-state index in [0.29, 0.717) is 38.5 Å². The van der Waals surface area contributed by atoms with Crippen molar-refractivity contribution in [3.8, 4) is 0 Å². The van der Waals surface area contributed by atoms with Gasteiger partial charge in [0.25, 0.3) is 11.4 Å². The molecule has 0 aromatic carbocycles. The van der Waals surface area contributed by atoms with Crippen LogP contribution in [0.1, 0.15) is 364 Å². The van der Waals surface area contributed by atoms with E-state index in [-0.39, 0.29) is 25.7 Å². The number of Topliss-reactive ketones (excluding diaryl/α,β-unsaturated/α-hetero) is 3. The molecule has 10 nitrogen and oxygen atoms in total. The van der Waals surface area contributed by atoms with Gasteiger partial charge in [-0.05, 0) is 49.4 Å². The summed E-state index contributed by atoms with van der Waals surface area (Å²) in [6.07, 6.45) is 43.6. The molecule has 1 aliphatic heterocycles. The maximum atomic E-state index is 15.1. The highest BCUT2D eigenvalue weighted by Gasteiger charge is 2.76. The minimum atomic E-state index is -2.87. The first-order chi connectivity index (χ1) is 38.5. The largest absolute Gasteiger partial charge is 0.449 e. The van der Waals surface area contributed by atoms with Crippen molar-refractivity contribution >= 4 is 35.3 Å². The molecule has 0 saturated carbocycles. The Morgan fingerprint density at radius 1 is 0.400 bits per heavy atom. The summed E-state index contributed by atoms with van der Waals surface area (Å²) in [5.41, 5.74) is -5.66. The highest BCUT2D eigenvalue weighted by molar-refractivity contribution is 6.40. The minimum absolute atomic E-state index is 0.0771. The third kappa shape index (κ3) is 34.9. The van der Waals surface area contributed by atoms with E-state index in [1.54, 1.807) is 0 Å². The Morgan fingerprint density at radius 2 is 0.662 bits per heavy atom. The second-order valence-corrected chi connectivity index (χ2v) is 26.5. The average molecular weight is 1130 g/mol. The van der Waals surface area contributed by atoms with Crippen LogP contribution in [-0.4, -0.2) is 64.3 Å². The predicted octanol–water partition coefficient (Wildman–Crippen LogP) is 19.5. The molecule has 1 fully saturated rings. The lowest BCUT2D eigenvalue weighted by Crippen LogP contribution is -2.72. The predicted molar refractivity (Wildman–Crippen MR) is 331 cm³/mol. The lowest BCUT2D eigenvalue weighted by molar-refractivity contribution is -0.226. The fourth-order valence-electron chi connectivity index (χ4n) is 11.8. The lowest BCUT2D eigenvalue weighted by atomic mass is 9.70. The molecule has 0 bridgehead atoms. The summed E-state index contributed by atoms with van der Waals surface area (Å²) in [5.74, 6) is -3.08. The molecule has 1 N–H and O–H groups in total. The van der Waals surface area contributed by atoms with Gasteiger partial charge in [0.1, 0.15) is 0 Å². The normalized spacial score (nSPS) is 16.3. The van der Waals surface area contributed by atoms with Crippen molar-refractivity contribution in [3.05, 3.63) is 0 Å². The van der Waals surface area contributed by atoms with Crippen molar-refractivity contribution in [2.45, 2.75) is 381 Å².